The fourth-order valence-electron chi connectivity index (χ4n) is 5.08. The predicted molar refractivity (Wildman–Crippen MR) is 178 cm³/mol. The second-order valence-electron chi connectivity index (χ2n) is 10.6. The van der Waals surface area contributed by atoms with Gasteiger partial charge in [-0.2, -0.15) is 0 Å². The van der Waals surface area contributed by atoms with E-state index in [0.717, 1.165) is 41.3 Å². The average Bonchev–Trinajstić information content (AvgIpc) is 3.55. The number of aromatic nitrogens is 2. The van der Waals surface area contributed by atoms with Crippen LogP contribution in [-0.4, -0.2) is 42.7 Å². The topological polar surface area (TPSA) is 94.6 Å². The highest BCUT2D eigenvalue weighted by atomic mass is 32.1. The minimum absolute atomic E-state index is 0.0742. The molecule has 0 fully saturated rings. The van der Waals surface area contributed by atoms with Crippen molar-refractivity contribution in [1.82, 2.24) is 15.3 Å². The molecule has 2 heterocycles. The first-order chi connectivity index (χ1) is 21.9. The Labute approximate surface area is 266 Å². The van der Waals surface area contributed by atoms with E-state index in [-0.39, 0.29) is 17.8 Å². The lowest BCUT2D eigenvalue weighted by atomic mass is 10.1. The number of nitrogens with one attached hydrogen (secondary N) is 2. The molecule has 1 atom stereocenters. The van der Waals surface area contributed by atoms with Crippen LogP contribution in [0.15, 0.2) is 72.4 Å². The predicted octanol–water partition coefficient (Wildman–Crippen LogP) is 8.19. The summed E-state index contributed by atoms with van der Waals surface area (Å²) < 4.78 is 31.1. The molecule has 2 N–H and O–H groups in total. The van der Waals surface area contributed by atoms with Gasteiger partial charge in [0.25, 0.3) is 5.91 Å². The van der Waals surface area contributed by atoms with Gasteiger partial charge in [-0.15, -0.1) is 11.3 Å². The number of halogens is 1. The largest absolute Gasteiger partial charge is 0.495 e. The summed E-state index contributed by atoms with van der Waals surface area (Å²) in [5.74, 6) is 2.04. The molecular formula is C35H37FN4O4S. The van der Waals surface area contributed by atoms with Crippen molar-refractivity contribution < 1.29 is 23.4 Å². The zero-order valence-electron chi connectivity index (χ0n) is 25.9. The number of hydrogen-bond donors (Lipinski definition) is 2. The van der Waals surface area contributed by atoms with Crippen molar-refractivity contribution >= 4 is 39.7 Å². The van der Waals surface area contributed by atoms with Crippen LogP contribution in [0.3, 0.4) is 0 Å². The third-order valence-electron chi connectivity index (χ3n) is 7.48. The van der Waals surface area contributed by atoms with E-state index in [0.29, 0.717) is 52.1 Å². The molecule has 0 aliphatic rings. The summed E-state index contributed by atoms with van der Waals surface area (Å²) in [5, 5.41) is 9.09. The van der Waals surface area contributed by atoms with Gasteiger partial charge in [0.05, 0.1) is 36.4 Å². The third-order valence-corrected chi connectivity index (χ3v) is 8.41. The number of amides is 1. The first kappa shape index (κ1) is 31.7. The molecule has 2 aromatic heterocycles. The van der Waals surface area contributed by atoms with E-state index < -0.39 is 0 Å². The highest BCUT2D eigenvalue weighted by molar-refractivity contribution is 7.12. The Morgan fingerprint density at radius 2 is 1.80 bits per heavy atom. The number of carbonyl (C=O) groups is 1. The van der Waals surface area contributed by atoms with E-state index in [9.17, 15) is 9.18 Å². The highest BCUT2D eigenvalue weighted by Crippen LogP contribution is 2.38. The Morgan fingerprint density at radius 3 is 2.56 bits per heavy atom. The normalized spacial score (nSPS) is 11.7. The molecule has 5 aromatic rings. The Bertz CT molecular complexity index is 1780. The molecule has 3 aromatic carbocycles. The van der Waals surface area contributed by atoms with Crippen molar-refractivity contribution in [3.63, 3.8) is 0 Å². The van der Waals surface area contributed by atoms with Crippen molar-refractivity contribution in [2.24, 2.45) is 0 Å². The number of thiophene rings is 1. The molecule has 0 aliphatic heterocycles. The van der Waals surface area contributed by atoms with E-state index >= 15 is 0 Å². The van der Waals surface area contributed by atoms with E-state index in [1.807, 2.05) is 47.8 Å². The molecule has 8 nitrogen and oxygen atoms in total. The van der Waals surface area contributed by atoms with Gasteiger partial charge in [-0.05, 0) is 77.7 Å². The van der Waals surface area contributed by atoms with Gasteiger partial charge in [-0.1, -0.05) is 38.5 Å². The zero-order valence-corrected chi connectivity index (χ0v) is 26.7. The van der Waals surface area contributed by atoms with Crippen LogP contribution in [0.4, 0.5) is 15.9 Å². The number of anilines is 2. The smallest absolute Gasteiger partial charge is 0.261 e. The molecule has 45 heavy (non-hydrogen) atoms. The molecule has 0 aliphatic carbocycles. The fourth-order valence-corrected chi connectivity index (χ4v) is 5.91. The van der Waals surface area contributed by atoms with Gasteiger partial charge in [-0.25, -0.2) is 14.4 Å². The quantitative estimate of drug-likeness (QED) is 0.128. The number of rotatable bonds is 14. The summed E-state index contributed by atoms with van der Waals surface area (Å²) >= 11 is 1.37. The van der Waals surface area contributed by atoms with Crippen LogP contribution in [0.1, 0.15) is 48.3 Å². The molecule has 0 bridgehead atoms. The van der Waals surface area contributed by atoms with Crippen molar-refractivity contribution in [2.45, 2.75) is 45.6 Å². The third kappa shape index (κ3) is 7.69. The molecule has 0 radical (unpaired) electrons. The fraction of sp³-hybridized carbons (Fsp3) is 0.286. The summed E-state index contributed by atoms with van der Waals surface area (Å²) in [4.78, 5) is 22.4. The zero-order chi connectivity index (χ0) is 31.8. The van der Waals surface area contributed by atoms with Gasteiger partial charge in [0.2, 0.25) is 0 Å². The molecule has 234 valence electrons. The Kier molecular flexibility index (Phi) is 10.5. The second-order valence-corrected chi connectivity index (χ2v) is 11.5. The average molecular weight is 629 g/mol. The first-order valence-electron chi connectivity index (χ1n) is 15.0. The maximum absolute atomic E-state index is 13.5. The summed E-state index contributed by atoms with van der Waals surface area (Å²) in [6, 6.07) is 17.8. The highest BCUT2D eigenvalue weighted by Gasteiger charge is 2.17. The van der Waals surface area contributed by atoms with E-state index in [2.05, 4.69) is 34.4 Å². The Hall–Kier alpha value is -4.70. The Morgan fingerprint density at radius 1 is 0.956 bits per heavy atom. The number of hydrogen-bond acceptors (Lipinski definition) is 8. The molecule has 0 spiro atoms. The minimum Gasteiger partial charge on any atom is -0.495 e. The molecule has 0 saturated carbocycles. The van der Waals surface area contributed by atoms with Gasteiger partial charge in [0.1, 0.15) is 23.7 Å². The monoisotopic (exact) mass is 628 g/mol. The van der Waals surface area contributed by atoms with Crippen LogP contribution < -0.4 is 24.8 Å². The van der Waals surface area contributed by atoms with Gasteiger partial charge >= 0.3 is 0 Å². The van der Waals surface area contributed by atoms with Crippen LogP contribution in [0.5, 0.6) is 17.2 Å². The van der Waals surface area contributed by atoms with Crippen LogP contribution >= 0.6 is 11.3 Å². The maximum atomic E-state index is 13.5. The standard InChI is InChI=1S/C35H37FN4O4S/c1-5-8-26(6-2)44-32-18-27-28(19-31(32)43-4)38-21-39-34(27)40-29-16-23(11-12-30(29)42-3)24-17-33(45-20-24)35(41)37-14-13-22-9-7-10-25(36)15-22/h7,9-12,15-21,26H,5-6,8,13-14H2,1-4H3,(H,37,41)(H,38,39,40). The van der Waals surface area contributed by atoms with Crippen molar-refractivity contribution in [1.29, 1.82) is 0 Å². The lowest BCUT2D eigenvalue weighted by Gasteiger charge is -2.20. The minimum atomic E-state index is -0.283. The lowest BCUT2D eigenvalue weighted by molar-refractivity contribution is 0.0958. The van der Waals surface area contributed by atoms with E-state index in [4.69, 9.17) is 14.2 Å². The number of nitrogens with zero attached hydrogens (tertiary/aromatic N) is 2. The summed E-state index contributed by atoms with van der Waals surface area (Å²) in [5.41, 5.74) is 4.05. The second kappa shape index (κ2) is 14.9. The molecule has 1 unspecified atom stereocenters. The van der Waals surface area contributed by atoms with E-state index in [1.165, 1.54) is 29.8 Å². The number of benzene rings is 3. The SMILES string of the molecule is CCCC(CC)Oc1cc2c(Nc3cc(-c4csc(C(=O)NCCc5cccc(F)c5)c4)ccc3OC)ncnc2cc1OC. The van der Waals surface area contributed by atoms with E-state index in [1.54, 1.807) is 20.3 Å². The van der Waals surface area contributed by atoms with Crippen LogP contribution in [0.25, 0.3) is 22.0 Å². The van der Waals surface area contributed by atoms with Gasteiger partial charge < -0.3 is 24.8 Å². The van der Waals surface area contributed by atoms with Crippen LogP contribution in [0, 0.1) is 5.82 Å². The number of ether oxygens (including phenoxy) is 3. The summed E-state index contributed by atoms with van der Waals surface area (Å²) in [7, 11) is 3.24. The van der Waals surface area contributed by atoms with Crippen LogP contribution in [-0.2, 0) is 6.42 Å². The Balaban J connectivity index is 1.37. The molecule has 1 amide bonds. The molecule has 0 saturated heterocycles. The first-order valence-corrected chi connectivity index (χ1v) is 15.9. The number of carbonyl (C=O) groups excluding carboxylic acids is 1. The summed E-state index contributed by atoms with van der Waals surface area (Å²) in [6.07, 6.45) is 4.98. The van der Waals surface area contributed by atoms with Crippen LogP contribution in [0.2, 0.25) is 0 Å². The molecule has 5 rings (SSSR count). The lowest BCUT2D eigenvalue weighted by Crippen LogP contribution is -2.24. The van der Waals surface area contributed by atoms with Crippen molar-refractivity contribution in [3.8, 4) is 28.4 Å². The van der Waals surface area contributed by atoms with Gasteiger partial charge in [0.15, 0.2) is 11.5 Å². The maximum Gasteiger partial charge on any atom is 0.261 e. The van der Waals surface area contributed by atoms with Crippen molar-refractivity contribution in [3.05, 3.63) is 88.6 Å². The number of methoxy groups -OCH3 is 2. The number of fused-ring (bicyclic) bond motifs is 1. The van der Waals surface area contributed by atoms with Crippen molar-refractivity contribution in [2.75, 3.05) is 26.1 Å². The molecule has 10 heteroatoms. The summed E-state index contributed by atoms with van der Waals surface area (Å²) in [6.45, 7) is 4.67. The van der Waals surface area contributed by atoms with Gasteiger partial charge in [-0.3, -0.25) is 4.79 Å². The van der Waals surface area contributed by atoms with Gasteiger partial charge in [0, 0.05) is 18.0 Å². The molecular weight excluding hydrogens is 591 g/mol.